The van der Waals surface area contributed by atoms with Crippen LogP contribution in [0.1, 0.15) is 54.9 Å². The number of amides is 1. The molecule has 0 aliphatic heterocycles. The van der Waals surface area contributed by atoms with Gasteiger partial charge in [0.25, 0.3) is 5.91 Å². The van der Waals surface area contributed by atoms with Crippen LogP contribution in [0, 0.1) is 0 Å². The molecule has 0 saturated carbocycles. The highest BCUT2D eigenvalue weighted by atomic mass is 16.4. The lowest BCUT2D eigenvalue weighted by Crippen LogP contribution is -2.25. The van der Waals surface area contributed by atoms with Gasteiger partial charge in [-0.2, -0.15) is 0 Å². The molecule has 1 amide bonds. The summed E-state index contributed by atoms with van der Waals surface area (Å²) in [6.07, 6.45) is 2.21. The van der Waals surface area contributed by atoms with Crippen molar-refractivity contribution in [2.24, 2.45) is 0 Å². The summed E-state index contributed by atoms with van der Waals surface area (Å²) >= 11 is 0. The Morgan fingerprint density at radius 3 is 2.42 bits per heavy atom. The number of aliphatic carboxylic acids is 1. The zero-order valence-electron chi connectivity index (χ0n) is 11.5. The Morgan fingerprint density at radius 2 is 1.89 bits per heavy atom. The van der Waals surface area contributed by atoms with Gasteiger partial charge in [0.05, 0.1) is 6.42 Å². The van der Waals surface area contributed by atoms with Gasteiger partial charge in [0.15, 0.2) is 0 Å². The third-order valence-electron chi connectivity index (χ3n) is 3.09. The molecule has 1 aromatic carbocycles. The predicted molar refractivity (Wildman–Crippen MR) is 74.4 cm³/mol. The van der Waals surface area contributed by atoms with Gasteiger partial charge in [0.2, 0.25) is 0 Å². The second-order valence-electron chi connectivity index (χ2n) is 4.71. The molecular formula is C15H21NO3. The van der Waals surface area contributed by atoms with E-state index in [-0.39, 0.29) is 18.9 Å². The summed E-state index contributed by atoms with van der Waals surface area (Å²) in [7, 11) is 0. The van der Waals surface area contributed by atoms with Crippen LogP contribution in [0.15, 0.2) is 24.3 Å². The minimum absolute atomic E-state index is 0.0582. The maximum absolute atomic E-state index is 11.7. The average Bonchev–Trinajstić information content (AvgIpc) is 2.38. The maximum atomic E-state index is 11.7. The number of hydrogen-bond donors (Lipinski definition) is 2. The van der Waals surface area contributed by atoms with Crippen molar-refractivity contribution in [2.45, 2.75) is 39.0 Å². The molecule has 0 fully saturated rings. The van der Waals surface area contributed by atoms with Gasteiger partial charge in [-0.1, -0.05) is 32.4 Å². The highest BCUT2D eigenvalue weighted by Gasteiger charge is 2.08. The van der Waals surface area contributed by atoms with Crippen LogP contribution in [0.5, 0.6) is 0 Å². The standard InChI is InChI=1S/C15H21NO3/c1-3-4-11(2)12-5-7-13(8-6-12)15(19)16-10-9-14(17)18/h5-8,11H,3-4,9-10H2,1-2H3,(H,16,19)(H,17,18)/t11-/m0/s1. The van der Waals surface area contributed by atoms with Crippen LogP contribution in [-0.2, 0) is 4.79 Å². The van der Waals surface area contributed by atoms with Crippen LogP contribution in [-0.4, -0.2) is 23.5 Å². The van der Waals surface area contributed by atoms with E-state index in [0.29, 0.717) is 11.5 Å². The molecule has 1 rings (SSSR count). The normalized spacial score (nSPS) is 11.9. The van der Waals surface area contributed by atoms with E-state index in [9.17, 15) is 9.59 Å². The molecule has 4 nitrogen and oxygen atoms in total. The van der Waals surface area contributed by atoms with Gasteiger partial charge < -0.3 is 10.4 Å². The molecule has 0 spiro atoms. The first kappa shape index (κ1) is 15.2. The van der Waals surface area contributed by atoms with Crippen LogP contribution >= 0.6 is 0 Å². The van der Waals surface area contributed by atoms with E-state index in [2.05, 4.69) is 19.2 Å². The lowest BCUT2D eigenvalue weighted by molar-refractivity contribution is -0.136. The first-order valence-corrected chi connectivity index (χ1v) is 6.64. The van der Waals surface area contributed by atoms with E-state index < -0.39 is 5.97 Å². The smallest absolute Gasteiger partial charge is 0.305 e. The Kier molecular flexibility index (Phi) is 6.06. The summed E-state index contributed by atoms with van der Waals surface area (Å²) in [5.74, 6) is -0.644. The van der Waals surface area contributed by atoms with Crippen molar-refractivity contribution in [3.63, 3.8) is 0 Å². The van der Waals surface area contributed by atoms with Crippen LogP contribution in [0.3, 0.4) is 0 Å². The summed E-state index contributed by atoms with van der Waals surface area (Å²) in [5, 5.41) is 11.1. The fourth-order valence-electron chi connectivity index (χ4n) is 1.95. The van der Waals surface area contributed by atoms with Crippen LogP contribution < -0.4 is 5.32 Å². The second kappa shape index (κ2) is 7.56. The highest BCUT2D eigenvalue weighted by Crippen LogP contribution is 2.20. The van der Waals surface area contributed by atoms with Crippen molar-refractivity contribution in [1.29, 1.82) is 0 Å². The number of carbonyl (C=O) groups excluding carboxylic acids is 1. The van der Waals surface area contributed by atoms with E-state index in [0.717, 1.165) is 12.8 Å². The summed E-state index contributed by atoms with van der Waals surface area (Å²) < 4.78 is 0. The first-order valence-electron chi connectivity index (χ1n) is 6.64. The monoisotopic (exact) mass is 263 g/mol. The molecule has 0 bridgehead atoms. The van der Waals surface area contributed by atoms with Gasteiger partial charge in [0, 0.05) is 12.1 Å². The average molecular weight is 263 g/mol. The molecule has 0 aromatic heterocycles. The van der Waals surface area contributed by atoms with Crippen LogP contribution in [0.25, 0.3) is 0 Å². The van der Waals surface area contributed by atoms with Gasteiger partial charge in [0.1, 0.15) is 0 Å². The lowest BCUT2D eigenvalue weighted by Gasteiger charge is -2.11. The highest BCUT2D eigenvalue weighted by molar-refractivity contribution is 5.94. The maximum Gasteiger partial charge on any atom is 0.305 e. The fraction of sp³-hybridized carbons (Fsp3) is 0.467. The minimum atomic E-state index is -0.913. The Morgan fingerprint density at radius 1 is 1.26 bits per heavy atom. The fourth-order valence-corrected chi connectivity index (χ4v) is 1.95. The summed E-state index contributed by atoms with van der Waals surface area (Å²) in [5.41, 5.74) is 1.79. The molecule has 0 radical (unpaired) electrons. The third kappa shape index (κ3) is 5.12. The Bertz CT molecular complexity index is 426. The number of carbonyl (C=O) groups is 2. The molecule has 2 N–H and O–H groups in total. The summed E-state index contributed by atoms with van der Waals surface area (Å²) in [6.45, 7) is 4.48. The van der Waals surface area contributed by atoms with Crippen LogP contribution in [0.2, 0.25) is 0 Å². The topological polar surface area (TPSA) is 66.4 Å². The number of carboxylic acids is 1. The van der Waals surface area contributed by atoms with E-state index in [4.69, 9.17) is 5.11 Å². The van der Waals surface area contributed by atoms with Gasteiger partial charge in [-0.25, -0.2) is 0 Å². The van der Waals surface area contributed by atoms with Gasteiger partial charge in [-0.15, -0.1) is 0 Å². The number of carboxylic acid groups (broad SMARTS) is 1. The molecule has 1 atom stereocenters. The van der Waals surface area contributed by atoms with Crippen molar-refractivity contribution >= 4 is 11.9 Å². The Labute approximate surface area is 113 Å². The largest absolute Gasteiger partial charge is 0.481 e. The van der Waals surface area contributed by atoms with Crippen molar-refractivity contribution in [2.75, 3.05) is 6.54 Å². The van der Waals surface area contributed by atoms with Crippen molar-refractivity contribution in [3.8, 4) is 0 Å². The van der Waals surface area contributed by atoms with E-state index in [1.54, 1.807) is 12.1 Å². The molecule has 0 aliphatic rings. The molecule has 104 valence electrons. The van der Waals surface area contributed by atoms with E-state index in [1.807, 2.05) is 12.1 Å². The minimum Gasteiger partial charge on any atom is -0.481 e. The predicted octanol–water partition coefficient (Wildman–Crippen LogP) is 2.79. The van der Waals surface area contributed by atoms with Gasteiger partial charge >= 0.3 is 5.97 Å². The number of hydrogen-bond acceptors (Lipinski definition) is 2. The molecule has 0 saturated heterocycles. The molecule has 19 heavy (non-hydrogen) atoms. The SMILES string of the molecule is CCC[C@H](C)c1ccc(C(=O)NCCC(=O)O)cc1. The zero-order chi connectivity index (χ0) is 14.3. The Balaban J connectivity index is 2.55. The summed E-state index contributed by atoms with van der Waals surface area (Å²) in [6, 6.07) is 7.51. The van der Waals surface area contributed by atoms with E-state index >= 15 is 0 Å². The van der Waals surface area contributed by atoms with Gasteiger partial charge in [-0.3, -0.25) is 9.59 Å². The third-order valence-corrected chi connectivity index (χ3v) is 3.09. The lowest BCUT2D eigenvalue weighted by atomic mass is 9.95. The number of nitrogens with one attached hydrogen (secondary N) is 1. The number of benzene rings is 1. The summed E-state index contributed by atoms with van der Waals surface area (Å²) in [4.78, 5) is 22.1. The zero-order valence-corrected chi connectivity index (χ0v) is 11.5. The first-order chi connectivity index (χ1) is 9.04. The molecule has 1 aromatic rings. The van der Waals surface area contributed by atoms with Crippen molar-refractivity contribution < 1.29 is 14.7 Å². The van der Waals surface area contributed by atoms with Crippen molar-refractivity contribution in [3.05, 3.63) is 35.4 Å². The Hall–Kier alpha value is -1.84. The second-order valence-corrected chi connectivity index (χ2v) is 4.71. The molecular weight excluding hydrogens is 242 g/mol. The van der Waals surface area contributed by atoms with Crippen molar-refractivity contribution in [1.82, 2.24) is 5.32 Å². The molecule has 0 unspecified atom stereocenters. The van der Waals surface area contributed by atoms with Crippen LogP contribution in [0.4, 0.5) is 0 Å². The molecule has 0 heterocycles. The van der Waals surface area contributed by atoms with Gasteiger partial charge in [-0.05, 0) is 30.0 Å². The van der Waals surface area contributed by atoms with E-state index in [1.165, 1.54) is 5.56 Å². The number of rotatable bonds is 7. The molecule has 0 aliphatic carbocycles. The quantitative estimate of drug-likeness (QED) is 0.795. The molecule has 4 heteroatoms.